The molecular formula is C16H18Cl2N2. The van der Waals surface area contributed by atoms with Gasteiger partial charge in [-0.1, -0.05) is 47.5 Å². The molecule has 0 aliphatic heterocycles. The fourth-order valence-corrected chi connectivity index (χ4v) is 2.73. The third-order valence-electron chi connectivity index (χ3n) is 3.31. The van der Waals surface area contributed by atoms with Crippen molar-refractivity contribution in [2.24, 2.45) is 5.73 Å². The maximum atomic E-state index is 6.05. The molecular weight excluding hydrogens is 291 g/mol. The van der Waals surface area contributed by atoms with Gasteiger partial charge in [-0.2, -0.15) is 0 Å². The smallest absolute Gasteiger partial charge is 0.0471 e. The van der Waals surface area contributed by atoms with E-state index < -0.39 is 0 Å². The summed E-state index contributed by atoms with van der Waals surface area (Å²) in [6.07, 6.45) is 0. The van der Waals surface area contributed by atoms with Crippen LogP contribution in [0.1, 0.15) is 17.2 Å². The van der Waals surface area contributed by atoms with Crippen LogP contribution in [0.25, 0.3) is 0 Å². The SMILES string of the molecule is CN(Cc1cccc(Cl)c1)C(CN)c1cccc(Cl)c1. The van der Waals surface area contributed by atoms with Crippen LogP contribution in [-0.2, 0) is 6.54 Å². The van der Waals surface area contributed by atoms with Crippen molar-refractivity contribution in [1.82, 2.24) is 4.90 Å². The standard InChI is InChI=1S/C16H18Cl2N2/c1-20(11-12-4-2-6-14(17)8-12)16(10-19)13-5-3-7-15(18)9-13/h2-9,16H,10-11,19H2,1H3. The molecule has 0 heterocycles. The van der Waals surface area contributed by atoms with Crippen LogP contribution < -0.4 is 5.73 Å². The molecule has 2 rings (SSSR count). The second-order valence-corrected chi connectivity index (χ2v) is 5.72. The second-order valence-electron chi connectivity index (χ2n) is 4.85. The molecule has 0 aliphatic rings. The molecule has 106 valence electrons. The van der Waals surface area contributed by atoms with Gasteiger partial charge < -0.3 is 5.73 Å². The lowest BCUT2D eigenvalue weighted by Crippen LogP contribution is -2.30. The van der Waals surface area contributed by atoms with Gasteiger partial charge >= 0.3 is 0 Å². The topological polar surface area (TPSA) is 29.3 Å². The van der Waals surface area contributed by atoms with Gasteiger partial charge in [-0.05, 0) is 42.4 Å². The summed E-state index contributed by atoms with van der Waals surface area (Å²) < 4.78 is 0. The average Bonchev–Trinajstić information content (AvgIpc) is 2.39. The minimum Gasteiger partial charge on any atom is -0.329 e. The lowest BCUT2D eigenvalue weighted by Gasteiger charge is -2.27. The Morgan fingerprint density at radius 3 is 2.30 bits per heavy atom. The number of halogens is 2. The molecule has 0 saturated heterocycles. The molecule has 4 heteroatoms. The van der Waals surface area contributed by atoms with Gasteiger partial charge in [-0.3, -0.25) is 4.90 Å². The van der Waals surface area contributed by atoms with Crippen LogP contribution in [0.5, 0.6) is 0 Å². The van der Waals surface area contributed by atoms with Crippen molar-refractivity contribution < 1.29 is 0 Å². The van der Waals surface area contributed by atoms with Crippen molar-refractivity contribution in [3.05, 3.63) is 69.7 Å². The van der Waals surface area contributed by atoms with Crippen LogP contribution in [-0.4, -0.2) is 18.5 Å². The Kier molecular flexibility index (Phi) is 5.44. The van der Waals surface area contributed by atoms with Gasteiger partial charge in [0.1, 0.15) is 0 Å². The number of benzene rings is 2. The highest BCUT2D eigenvalue weighted by Gasteiger charge is 2.16. The summed E-state index contributed by atoms with van der Waals surface area (Å²) in [6, 6.07) is 15.9. The van der Waals surface area contributed by atoms with Gasteiger partial charge in [0, 0.05) is 29.2 Å². The Hall–Kier alpha value is -1.06. The molecule has 0 radical (unpaired) electrons. The van der Waals surface area contributed by atoms with Crippen LogP contribution in [0.3, 0.4) is 0 Å². The molecule has 0 saturated carbocycles. The van der Waals surface area contributed by atoms with Crippen molar-refractivity contribution >= 4 is 23.2 Å². The average molecular weight is 309 g/mol. The third-order valence-corrected chi connectivity index (χ3v) is 3.78. The highest BCUT2D eigenvalue weighted by molar-refractivity contribution is 6.30. The first-order valence-electron chi connectivity index (χ1n) is 6.50. The Morgan fingerprint density at radius 1 is 1.05 bits per heavy atom. The first-order chi connectivity index (χ1) is 9.60. The van der Waals surface area contributed by atoms with E-state index in [0.717, 1.165) is 22.2 Å². The van der Waals surface area contributed by atoms with Gasteiger partial charge in [-0.15, -0.1) is 0 Å². The van der Waals surface area contributed by atoms with Gasteiger partial charge in [0.15, 0.2) is 0 Å². The van der Waals surface area contributed by atoms with E-state index in [2.05, 4.69) is 24.1 Å². The molecule has 0 aromatic heterocycles. The summed E-state index contributed by atoms with van der Waals surface area (Å²) in [5.41, 5.74) is 8.22. The van der Waals surface area contributed by atoms with E-state index in [4.69, 9.17) is 28.9 Å². The van der Waals surface area contributed by atoms with E-state index in [0.29, 0.717) is 6.54 Å². The van der Waals surface area contributed by atoms with Crippen LogP contribution in [0, 0.1) is 0 Å². The summed E-state index contributed by atoms with van der Waals surface area (Å²) in [5, 5.41) is 1.49. The minimum absolute atomic E-state index is 0.132. The van der Waals surface area contributed by atoms with Crippen molar-refractivity contribution in [3.63, 3.8) is 0 Å². The molecule has 0 amide bonds. The van der Waals surface area contributed by atoms with Crippen LogP contribution in [0.4, 0.5) is 0 Å². The molecule has 0 fully saturated rings. The highest BCUT2D eigenvalue weighted by atomic mass is 35.5. The molecule has 0 aliphatic carbocycles. The molecule has 1 unspecified atom stereocenters. The monoisotopic (exact) mass is 308 g/mol. The summed E-state index contributed by atoms with van der Waals surface area (Å²) in [7, 11) is 2.05. The molecule has 2 nitrogen and oxygen atoms in total. The highest BCUT2D eigenvalue weighted by Crippen LogP contribution is 2.23. The van der Waals surface area contributed by atoms with E-state index in [-0.39, 0.29) is 6.04 Å². The zero-order valence-corrected chi connectivity index (χ0v) is 12.9. The molecule has 20 heavy (non-hydrogen) atoms. The third kappa shape index (κ3) is 3.97. The van der Waals surface area contributed by atoms with Crippen molar-refractivity contribution in [3.8, 4) is 0 Å². The lowest BCUT2D eigenvalue weighted by atomic mass is 10.0. The number of hydrogen-bond acceptors (Lipinski definition) is 2. The van der Waals surface area contributed by atoms with Crippen LogP contribution in [0.2, 0.25) is 10.0 Å². The van der Waals surface area contributed by atoms with E-state index in [1.807, 2.05) is 36.4 Å². The number of nitrogens with two attached hydrogens (primary N) is 1. The number of rotatable bonds is 5. The molecule has 0 spiro atoms. The number of nitrogens with zero attached hydrogens (tertiary/aromatic N) is 1. The molecule has 1 atom stereocenters. The Balaban J connectivity index is 2.15. The van der Waals surface area contributed by atoms with Gasteiger partial charge in [-0.25, -0.2) is 0 Å². The maximum Gasteiger partial charge on any atom is 0.0471 e. The second kappa shape index (κ2) is 7.09. The number of likely N-dealkylation sites (N-methyl/N-ethyl adjacent to an activating group) is 1. The van der Waals surface area contributed by atoms with Gasteiger partial charge in [0.25, 0.3) is 0 Å². The summed E-state index contributed by atoms with van der Waals surface area (Å²) in [5.74, 6) is 0. The van der Waals surface area contributed by atoms with E-state index in [9.17, 15) is 0 Å². The van der Waals surface area contributed by atoms with Crippen LogP contribution in [0.15, 0.2) is 48.5 Å². The Bertz CT molecular complexity index is 572. The van der Waals surface area contributed by atoms with Crippen molar-refractivity contribution in [2.45, 2.75) is 12.6 Å². The molecule has 2 N–H and O–H groups in total. The fraction of sp³-hybridized carbons (Fsp3) is 0.250. The molecule has 2 aromatic carbocycles. The zero-order valence-electron chi connectivity index (χ0n) is 11.4. The van der Waals surface area contributed by atoms with Crippen LogP contribution >= 0.6 is 23.2 Å². The Labute approximate surface area is 130 Å². The summed E-state index contributed by atoms with van der Waals surface area (Å²) in [6.45, 7) is 1.33. The van der Waals surface area contributed by atoms with E-state index in [1.54, 1.807) is 0 Å². The lowest BCUT2D eigenvalue weighted by molar-refractivity contribution is 0.242. The van der Waals surface area contributed by atoms with E-state index in [1.165, 1.54) is 5.56 Å². The van der Waals surface area contributed by atoms with Gasteiger partial charge in [0.05, 0.1) is 0 Å². The molecule has 2 aromatic rings. The number of hydrogen-bond donors (Lipinski definition) is 1. The van der Waals surface area contributed by atoms with Crippen molar-refractivity contribution in [1.29, 1.82) is 0 Å². The first kappa shape index (κ1) is 15.3. The predicted octanol–water partition coefficient (Wildman–Crippen LogP) is 4.13. The Morgan fingerprint density at radius 2 is 1.70 bits per heavy atom. The minimum atomic E-state index is 0.132. The zero-order chi connectivity index (χ0) is 14.5. The van der Waals surface area contributed by atoms with Crippen molar-refractivity contribution in [2.75, 3.05) is 13.6 Å². The largest absolute Gasteiger partial charge is 0.329 e. The first-order valence-corrected chi connectivity index (χ1v) is 7.26. The fourth-order valence-electron chi connectivity index (χ4n) is 2.32. The predicted molar refractivity (Wildman–Crippen MR) is 86.2 cm³/mol. The van der Waals surface area contributed by atoms with Gasteiger partial charge in [0.2, 0.25) is 0 Å². The van der Waals surface area contributed by atoms with E-state index >= 15 is 0 Å². The normalized spacial score (nSPS) is 12.7. The quantitative estimate of drug-likeness (QED) is 0.900. The maximum absolute atomic E-state index is 6.05. The summed E-state index contributed by atoms with van der Waals surface area (Å²) in [4.78, 5) is 2.21. The summed E-state index contributed by atoms with van der Waals surface area (Å²) >= 11 is 12.1. The molecule has 0 bridgehead atoms.